The van der Waals surface area contributed by atoms with E-state index in [1.54, 1.807) is 13.4 Å². The Labute approximate surface area is 121 Å². The van der Waals surface area contributed by atoms with Gasteiger partial charge < -0.3 is 14.5 Å². The molecule has 0 fully saturated rings. The lowest BCUT2D eigenvalue weighted by Crippen LogP contribution is -2.26. The lowest BCUT2D eigenvalue weighted by molar-refractivity contribution is 0.199. The minimum absolute atomic E-state index is 0.415. The third-order valence-corrected chi connectivity index (χ3v) is 3.41. The van der Waals surface area contributed by atoms with Crippen molar-refractivity contribution in [3.05, 3.63) is 59.5 Å². The molecule has 0 aliphatic carbocycles. The number of benzene rings is 1. The number of hydrogen-bond acceptors (Lipinski definition) is 3. The maximum Gasteiger partial charge on any atom is 0.104 e. The summed E-state index contributed by atoms with van der Waals surface area (Å²) >= 11 is 0. The molecule has 2 rings (SSSR count). The monoisotopic (exact) mass is 273 g/mol. The molecule has 0 spiro atoms. The fourth-order valence-corrected chi connectivity index (χ4v) is 2.35. The molecule has 0 saturated carbocycles. The van der Waals surface area contributed by atoms with Crippen LogP contribution in [0.5, 0.6) is 0 Å². The van der Waals surface area contributed by atoms with E-state index < -0.39 is 0 Å². The van der Waals surface area contributed by atoms with Gasteiger partial charge in [0.25, 0.3) is 0 Å². The highest BCUT2D eigenvalue weighted by Crippen LogP contribution is 2.21. The van der Waals surface area contributed by atoms with Crippen LogP contribution in [0.15, 0.2) is 47.1 Å². The number of nitrogens with one attached hydrogen (secondary N) is 1. The molecule has 1 unspecified atom stereocenters. The van der Waals surface area contributed by atoms with Crippen molar-refractivity contribution in [3.63, 3.8) is 0 Å². The zero-order chi connectivity index (χ0) is 14.2. The summed E-state index contributed by atoms with van der Waals surface area (Å²) in [7, 11) is 1.72. The van der Waals surface area contributed by atoms with Crippen LogP contribution in [0.2, 0.25) is 0 Å². The molecule has 0 amide bonds. The number of aryl methyl sites for hydroxylation is 1. The lowest BCUT2D eigenvalue weighted by Gasteiger charge is -2.17. The molecule has 1 atom stereocenters. The first-order valence-electron chi connectivity index (χ1n) is 7.08. The van der Waals surface area contributed by atoms with Gasteiger partial charge in [-0.3, -0.25) is 0 Å². The second-order valence-electron chi connectivity index (χ2n) is 5.09. The van der Waals surface area contributed by atoms with Crippen LogP contribution in [0.3, 0.4) is 0 Å². The summed E-state index contributed by atoms with van der Waals surface area (Å²) in [6.07, 6.45) is 2.65. The second kappa shape index (κ2) is 7.88. The molecule has 0 aliphatic heterocycles. The Hall–Kier alpha value is -1.58. The Morgan fingerprint density at radius 3 is 2.85 bits per heavy atom. The average Bonchev–Trinajstić information content (AvgIpc) is 2.95. The zero-order valence-electron chi connectivity index (χ0n) is 12.3. The summed E-state index contributed by atoms with van der Waals surface area (Å²) in [5.41, 5.74) is 2.65. The Balaban J connectivity index is 2.03. The van der Waals surface area contributed by atoms with E-state index in [4.69, 9.17) is 9.15 Å². The maximum atomic E-state index is 5.49. The van der Waals surface area contributed by atoms with Crippen molar-refractivity contribution >= 4 is 0 Å². The SMILES string of the molecule is COCCNCC(Cc1ccco1)c1cccc(C)c1. The highest BCUT2D eigenvalue weighted by molar-refractivity contribution is 5.27. The third kappa shape index (κ3) is 4.51. The van der Waals surface area contributed by atoms with Crippen molar-refractivity contribution in [2.45, 2.75) is 19.3 Å². The van der Waals surface area contributed by atoms with E-state index in [0.29, 0.717) is 5.92 Å². The van der Waals surface area contributed by atoms with Gasteiger partial charge in [0.1, 0.15) is 5.76 Å². The van der Waals surface area contributed by atoms with Gasteiger partial charge >= 0.3 is 0 Å². The van der Waals surface area contributed by atoms with E-state index in [2.05, 4.69) is 36.5 Å². The molecule has 0 aliphatic rings. The van der Waals surface area contributed by atoms with E-state index in [-0.39, 0.29) is 0 Å². The molecule has 2 aromatic rings. The number of rotatable bonds is 8. The summed E-state index contributed by atoms with van der Waals surface area (Å²) in [4.78, 5) is 0. The van der Waals surface area contributed by atoms with Gasteiger partial charge in [-0.15, -0.1) is 0 Å². The molecule has 3 nitrogen and oxygen atoms in total. The number of furan rings is 1. The van der Waals surface area contributed by atoms with Crippen molar-refractivity contribution in [1.29, 1.82) is 0 Å². The molecule has 1 aromatic carbocycles. The number of ether oxygens (including phenoxy) is 1. The van der Waals surface area contributed by atoms with Gasteiger partial charge in [0.15, 0.2) is 0 Å². The molecule has 20 heavy (non-hydrogen) atoms. The lowest BCUT2D eigenvalue weighted by atomic mass is 9.93. The molecule has 1 aromatic heterocycles. The van der Waals surface area contributed by atoms with Gasteiger partial charge in [-0.25, -0.2) is 0 Å². The summed E-state index contributed by atoms with van der Waals surface area (Å²) in [5, 5.41) is 3.45. The minimum atomic E-state index is 0.415. The van der Waals surface area contributed by atoms with Crippen LogP contribution in [0.25, 0.3) is 0 Å². The second-order valence-corrected chi connectivity index (χ2v) is 5.09. The van der Waals surface area contributed by atoms with Crippen molar-refractivity contribution < 1.29 is 9.15 Å². The molecular weight excluding hydrogens is 250 g/mol. The predicted octanol–water partition coefficient (Wildman–Crippen LogP) is 3.15. The van der Waals surface area contributed by atoms with E-state index in [0.717, 1.165) is 31.9 Å². The van der Waals surface area contributed by atoms with Crippen LogP contribution >= 0.6 is 0 Å². The van der Waals surface area contributed by atoms with Crippen molar-refractivity contribution in [2.75, 3.05) is 26.8 Å². The molecule has 1 heterocycles. The van der Waals surface area contributed by atoms with Gasteiger partial charge in [0.05, 0.1) is 12.9 Å². The van der Waals surface area contributed by atoms with Crippen LogP contribution in [-0.2, 0) is 11.2 Å². The smallest absolute Gasteiger partial charge is 0.104 e. The molecule has 108 valence electrons. The van der Waals surface area contributed by atoms with E-state index in [1.807, 2.05) is 12.1 Å². The largest absolute Gasteiger partial charge is 0.469 e. The Kier molecular flexibility index (Phi) is 5.84. The minimum Gasteiger partial charge on any atom is -0.469 e. The first-order valence-corrected chi connectivity index (χ1v) is 7.08. The summed E-state index contributed by atoms with van der Waals surface area (Å²) in [6, 6.07) is 12.7. The number of hydrogen-bond donors (Lipinski definition) is 1. The first-order chi connectivity index (χ1) is 9.79. The normalized spacial score (nSPS) is 12.5. The van der Waals surface area contributed by atoms with Crippen molar-refractivity contribution in [2.24, 2.45) is 0 Å². The molecular formula is C17H23NO2. The number of methoxy groups -OCH3 is 1. The van der Waals surface area contributed by atoms with Crippen LogP contribution in [0.1, 0.15) is 22.8 Å². The third-order valence-electron chi connectivity index (χ3n) is 3.41. The quantitative estimate of drug-likeness (QED) is 0.750. The first kappa shape index (κ1) is 14.8. The van der Waals surface area contributed by atoms with Gasteiger partial charge in [0, 0.05) is 32.5 Å². The Morgan fingerprint density at radius 1 is 1.25 bits per heavy atom. The predicted molar refractivity (Wildman–Crippen MR) is 81.1 cm³/mol. The zero-order valence-corrected chi connectivity index (χ0v) is 12.3. The Bertz CT molecular complexity index is 493. The molecule has 0 radical (unpaired) electrons. The van der Waals surface area contributed by atoms with E-state index in [1.165, 1.54) is 11.1 Å². The Morgan fingerprint density at radius 2 is 2.15 bits per heavy atom. The van der Waals surface area contributed by atoms with Crippen molar-refractivity contribution in [3.8, 4) is 0 Å². The van der Waals surface area contributed by atoms with Crippen molar-refractivity contribution in [1.82, 2.24) is 5.32 Å². The molecule has 0 saturated heterocycles. The average molecular weight is 273 g/mol. The van der Waals surface area contributed by atoms with Crippen LogP contribution in [-0.4, -0.2) is 26.8 Å². The highest BCUT2D eigenvalue weighted by atomic mass is 16.5. The maximum absolute atomic E-state index is 5.49. The van der Waals surface area contributed by atoms with Gasteiger partial charge in [0.2, 0.25) is 0 Å². The van der Waals surface area contributed by atoms with Gasteiger partial charge in [-0.1, -0.05) is 29.8 Å². The van der Waals surface area contributed by atoms with E-state index in [9.17, 15) is 0 Å². The van der Waals surface area contributed by atoms with E-state index >= 15 is 0 Å². The van der Waals surface area contributed by atoms with Gasteiger partial charge in [-0.2, -0.15) is 0 Å². The fourth-order valence-electron chi connectivity index (χ4n) is 2.35. The topological polar surface area (TPSA) is 34.4 Å². The van der Waals surface area contributed by atoms with Crippen LogP contribution < -0.4 is 5.32 Å². The van der Waals surface area contributed by atoms with Gasteiger partial charge in [-0.05, 0) is 24.6 Å². The molecule has 0 bridgehead atoms. The summed E-state index contributed by atoms with van der Waals surface area (Å²) in [6.45, 7) is 4.66. The summed E-state index contributed by atoms with van der Waals surface area (Å²) < 4.78 is 10.6. The highest BCUT2D eigenvalue weighted by Gasteiger charge is 2.13. The molecule has 1 N–H and O–H groups in total. The van der Waals surface area contributed by atoms with Crippen LogP contribution in [0, 0.1) is 6.92 Å². The van der Waals surface area contributed by atoms with Crippen LogP contribution in [0.4, 0.5) is 0 Å². The standard InChI is InChI=1S/C17H23NO2/c1-14-5-3-6-15(11-14)16(13-18-8-10-19-2)12-17-7-4-9-20-17/h3-7,9,11,16,18H,8,10,12-13H2,1-2H3. The molecule has 3 heteroatoms. The fraction of sp³-hybridized carbons (Fsp3) is 0.412. The summed E-state index contributed by atoms with van der Waals surface area (Å²) in [5.74, 6) is 1.45.